The largest absolute Gasteiger partial charge is 0.489 e. The van der Waals surface area contributed by atoms with Crippen molar-refractivity contribution in [3.63, 3.8) is 0 Å². The number of aromatic nitrogens is 1. The first kappa shape index (κ1) is 20.5. The number of carbonyl (C=O) groups is 1. The van der Waals surface area contributed by atoms with Gasteiger partial charge in [0.25, 0.3) is 0 Å². The van der Waals surface area contributed by atoms with Gasteiger partial charge >= 0.3 is 5.97 Å². The number of aromatic carboxylic acids is 1. The van der Waals surface area contributed by atoms with Crippen LogP contribution < -0.4 is 14.9 Å². The Balaban J connectivity index is 1.79. The standard InChI is InChI=1S/C23H27NO6/c1-3-4-5-16-6-15-7-21-22(30-13-14(11-28-2)12-29-21)8-17(15)19-9-20(25)18(23(26)27)10-24(16)19/h7-10,14,16H,3-6,11-13H2,1-2H3,(H,26,27). The van der Waals surface area contributed by atoms with Crippen molar-refractivity contribution in [2.45, 2.75) is 38.6 Å². The van der Waals surface area contributed by atoms with Crippen LogP contribution in [0.4, 0.5) is 0 Å². The van der Waals surface area contributed by atoms with Gasteiger partial charge in [0.1, 0.15) is 5.56 Å². The minimum Gasteiger partial charge on any atom is -0.489 e. The number of hydrogen-bond donors (Lipinski definition) is 1. The van der Waals surface area contributed by atoms with Crippen LogP contribution in [0, 0.1) is 5.92 Å². The summed E-state index contributed by atoms with van der Waals surface area (Å²) in [7, 11) is 1.66. The minimum absolute atomic E-state index is 0.0946. The van der Waals surface area contributed by atoms with Gasteiger partial charge in [-0.25, -0.2) is 4.79 Å². The molecule has 1 aromatic carbocycles. The van der Waals surface area contributed by atoms with Gasteiger partial charge in [-0.15, -0.1) is 0 Å². The molecule has 0 amide bonds. The zero-order valence-electron chi connectivity index (χ0n) is 17.3. The number of methoxy groups -OCH3 is 1. The van der Waals surface area contributed by atoms with Crippen LogP contribution in [-0.4, -0.2) is 42.6 Å². The van der Waals surface area contributed by atoms with Gasteiger partial charge in [-0.3, -0.25) is 4.79 Å². The molecule has 160 valence electrons. The maximum atomic E-state index is 12.5. The van der Waals surface area contributed by atoms with Gasteiger partial charge in [-0.2, -0.15) is 0 Å². The van der Waals surface area contributed by atoms with Gasteiger partial charge in [-0.1, -0.05) is 19.8 Å². The Hall–Kier alpha value is -2.80. The molecule has 7 heteroatoms. The number of unbranched alkanes of at least 4 members (excludes halogenated alkanes) is 1. The summed E-state index contributed by atoms with van der Waals surface area (Å²) in [5, 5.41) is 9.42. The molecule has 1 aromatic heterocycles. The van der Waals surface area contributed by atoms with Crippen molar-refractivity contribution in [1.82, 2.24) is 4.57 Å². The summed E-state index contributed by atoms with van der Waals surface area (Å²) < 4.78 is 19.2. The second kappa shape index (κ2) is 8.52. The Morgan fingerprint density at radius 2 is 1.97 bits per heavy atom. The van der Waals surface area contributed by atoms with Crippen molar-refractivity contribution < 1.29 is 24.1 Å². The van der Waals surface area contributed by atoms with Crippen LogP contribution in [0.2, 0.25) is 0 Å². The number of fused-ring (bicyclic) bond motifs is 4. The SMILES string of the molecule is CCCCC1Cc2cc3c(cc2-c2cc(=O)c(C(=O)O)cn21)OCC(COC)CO3. The predicted octanol–water partition coefficient (Wildman–Crippen LogP) is 3.53. The summed E-state index contributed by atoms with van der Waals surface area (Å²) >= 11 is 0. The number of carboxylic acids is 1. The zero-order chi connectivity index (χ0) is 21.3. The van der Waals surface area contributed by atoms with Gasteiger partial charge in [0.2, 0.25) is 0 Å². The second-order valence-electron chi connectivity index (χ2n) is 8.05. The Morgan fingerprint density at radius 1 is 1.23 bits per heavy atom. The van der Waals surface area contributed by atoms with Crippen LogP contribution >= 0.6 is 0 Å². The molecule has 0 radical (unpaired) electrons. The van der Waals surface area contributed by atoms with Crippen LogP contribution in [0.3, 0.4) is 0 Å². The third-order valence-electron chi connectivity index (χ3n) is 5.85. The molecule has 2 aromatic rings. The molecular formula is C23H27NO6. The molecule has 0 bridgehead atoms. The zero-order valence-corrected chi connectivity index (χ0v) is 17.3. The Morgan fingerprint density at radius 3 is 2.63 bits per heavy atom. The lowest BCUT2D eigenvalue weighted by atomic mass is 9.89. The van der Waals surface area contributed by atoms with Gasteiger partial charge in [-0.05, 0) is 30.5 Å². The summed E-state index contributed by atoms with van der Waals surface area (Å²) in [5.74, 6) is 0.295. The molecule has 0 saturated carbocycles. The maximum Gasteiger partial charge on any atom is 0.341 e. The monoisotopic (exact) mass is 413 g/mol. The van der Waals surface area contributed by atoms with E-state index in [1.165, 1.54) is 12.3 Å². The molecular weight excluding hydrogens is 386 g/mol. The highest BCUT2D eigenvalue weighted by Crippen LogP contribution is 2.43. The molecule has 0 spiro atoms. The van der Waals surface area contributed by atoms with Crippen LogP contribution in [0.1, 0.15) is 48.1 Å². The molecule has 1 N–H and O–H groups in total. The van der Waals surface area contributed by atoms with Crippen molar-refractivity contribution in [2.75, 3.05) is 26.9 Å². The fourth-order valence-electron chi connectivity index (χ4n) is 4.29. The van der Waals surface area contributed by atoms with E-state index in [0.29, 0.717) is 31.3 Å². The van der Waals surface area contributed by atoms with Gasteiger partial charge in [0, 0.05) is 31.0 Å². The molecule has 2 unspecified atom stereocenters. The predicted molar refractivity (Wildman–Crippen MR) is 112 cm³/mol. The first-order valence-electron chi connectivity index (χ1n) is 10.4. The normalized spacial score (nSPS) is 19.5. The number of benzene rings is 1. The molecule has 30 heavy (non-hydrogen) atoms. The smallest absolute Gasteiger partial charge is 0.341 e. The molecule has 2 aliphatic heterocycles. The maximum absolute atomic E-state index is 12.5. The lowest BCUT2D eigenvalue weighted by molar-refractivity contribution is 0.0694. The number of rotatable bonds is 6. The van der Waals surface area contributed by atoms with Crippen molar-refractivity contribution >= 4 is 5.97 Å². The summed E-state index contributed by atoms with van der Waals surface area (Å²) in [6.45, 7) is 3.71. The quantitative estimate of drug-likeness (QED) is 0.780. The van der Waals surface area contributed by atoms with E-state index in [2.05, 4.69) is 6.92 Å². The summed E-state index contributed by atoms with van der Waals surface area (Å²) in [6, 6.07) is 5.47. The summed E-state index contributed by atoms with van der Waals surface area (Å²) in [6.07, 6.45) is 5.24. The van der Waals surface area contributed by atoms with Crippen LogP contribution in [0.15, 0.2) is 29.2 Å². The lowest BCUT2D eigenvalue weighted by Crippen LogP contribution is -2.25. The molecule has 0 saturated heterocycles. The van der Waals surface area contributed by atoms with Crippen LogP contribution in [-0.2, 0) is 11.2 Å². The second-order valence-corrected chi connectivity index (χ2v) is 8.05. The van der Waals surface area contributed by atoms with Crippen molar-refractivity contribution in [3.8, 4) is 22.8 Å². The van der Waals surface area contributed by atoms with Crippen molar-refractivity contribution in [3.05, 3.63) is 45.7 Å². The topological polar surface area (TPSA) is 87.0 Å². The van der Waals surface area contributed by atoms with E-state index >= 15 is 0 Å². The minimum atomic E-state index is -1.20. The van der Waals surface area contributed by atoms with Gasteiger partial charge < -0.3 is 23.9 Å². The molecule has 0 aliphatic carbocycles. The van der Waals surface area contributed by atoms with Crippen LogP contribution in [0.5, 0.6) is 11.5 Å². The molecule has 2 aliphatic rings. The summed E-state index contributed by atoms with van der Waals surface area (Å²) in [5.41, 5.74) is 2.04. The van der Waals surface area contributed by atoms with E-state index in [1.54, 1.807) is 7.11 Å². The third-order valence-corrected chi connectivity index (χ3v) is 5.85. The molecule has 2 atom stereocenters. The van der Waals surface area contributed by atoms with E-state index < -0.39 is 11.4 Å². The number of ether oxygens (including phenoxy) is 3. The fourth-order valence-corrected chi connectivity index (χ4v) is 4.29. The summed E-state index contributed by atoms with van der Waals surface area (Å²) in [4.78, 5) is 24.0. The average molecular weight is 413 g/mol. The first-order chi connectivity index (χ1) is 14.5. The lowest BCUT2D eigenvalue weighted by Gasteiger charge is -2.31. The van der Waals surface area contributed by atoms with Crippen LogP contribution in [0.25, 0.3) is 11.3 Å². The molecule has 3 heterocycles. The van der Waals surface area contributed by atoms with E-state index in [4.69, 9.17) is 14.2 Å². The third kappa shape index (κ3) is 3.81. The average Bonchev–Trinajstić information content (AvgIpc) is 2.92. The fraction of sp³-hybridized carbons (Fsp3) is 0.478. The van der Waals surface area contributed by atoms with Crippen molar-refractivity contribution in [2.24, 2.45) is 5.92 Å². The number of carboxylic acid groups (broad SMARTS) is 1. The number of pyridine rings is 1. The molecule has 4 rings (SSSR count). The highest BCUT2D eigenvalue weighted by Gasteiger charge is 2.28. The van der Waals surface area contributed by atoms with E-state index in [9.17, 15) is 14.7 Å². The highest BCUT2D eigenvalue weighted by molar-refractivity contribution is 5.87. The van der Waals surface area contributed by atoms with Gasteiger partial charge in [0.15, 0.2) is 16.9 Å². The van der Waals surface area contributed by atoms with E-state index in [0.717, 1.165) is 42.5 Å². The number of nitrogens with zero attached hydrogens (tertiary/aromatic N) is 1. The van der Waals surface area contributed by atoms with Gasteiger partial charge in [0.05, 0.1) is 31.4 Å². The molecule has 0 fully saturated rings. The Kier molecular flexibility index (Phi) is 5.81. The Labute approximate surface area is 175 Å². The number of hydrogen-bond acceptors (Lipinski definition) is 5. The van der Waals surface area contributed by atoms with E-state index in [-0.39, 0.29) is 17.5 Å². The highest BCUT2D eigenvalue weighted by atomic mass is 16.5. The van der Waals surface area contributed by atoms with E-state index in [1.807, 2.05) is 16.7 Å². The molecule has 7 nitrogen and oxygen atoms in total. The van der Waals surface area contributed by atoms with Crippen molar-refractivity contribution in [1.29, 1.82) is 0 Å². The Bertz CT molecular complexity index is 1010. The first-order valence-corrected chi connectivity index (χ1v) is 10.4.